The van der Waals surface area contributed by atoms with Crippen molar-refractivity contribution in [3.05, 3.63) is 11.3 Å². The molecular weight excluding hydrogens is 107 g/mol. The zero-order chi connectivity index (χ0) is 5.98. The van der Waals surface area contributed by atoms with Crippen LogP contribution in [0.25, 0.3) is 0 Å². The summed E-state index contributed by atoms with van der Waals surface area (Å²) < 4.78 is 0. The Balaban J connectivity index is 0.000000640. The molecule has 1 aliphatic carbocycles. The van der Waals surface area contributed by atoms with Crippen molar-refractivity contribution >= 4 is 0 Å². The number of hydrogen-bond acceptors (Lipinski definition) is 1. The minimum atomic E-state index is 0. The van der Waals surface area contributed by atoms with Gasteiger partial charge < -0.3 is 5.11 Å². The minimum absolute atomic E-state index is 0. The van der Waals surface area contributed by atoms with Crippen molar-refractivity contribution in [2.45, 2.75) is 32.6 Å². The molecule has 0 unspecified atom stereocenters. The van der Waals surface area contributed by atoms with Crippen LogP contribution in [0.4, 0.5) is 0 Å². The van der Waals surface area contributed by atoms with E-state index in [4.69, 9.17) is 0 Å². The van der Waals surface area contributed by atoms with Crippen LogP contribution in [0.1, 0.15) is 32.6 Å². The summed E-state index contributed by atoms with van der Waals surface area (Å²) in [5, 5.41) is 10.8. The molecule has 0 aromatic rings. The maximum Gasteiger partial charge on any atom is 1.00 e. The maximum absolute atomic E-state index is 10.8. The Bertz CT molecular complexity index is 104. The van der Waals surface area contributed by atoms with Crippen molar-refractivity contribution < 1.29 is 24.0 Å². The van der Waals surface area contributed by atoms with E-state index in [0.29, 0.717) is 5.76 Å². The second-order valence-electron chi connectivity index (χ2n) is 2.41. The Morgan fingerprint density at radius 1 is 1.22 bits per heavy atom. The van der Waals surface area contributed by atoms with E-state index in [1.165, 1.54) is 6.42 Å². The van der Waals surface area contributed by atoms with Crippen LogP contribution < -0.4 is 24.0 Å². The van der Waals surface area contributed by atoms with Crippen LogP contribution >= 0.6 is 0 Å². The van der Waals surface area contributed by atoms with Crippen LogP contribution in [-0.4, -0.2) is 0 Å². The molecule has 1 nitrogen and oxygen atoms in total. The largest absolute Gasteiger partial charge is 1.00 e. The van der Waals surface area contributed by atoms with E-state index in [9.17, 15) is 5.11 Å². The average molecular weight is 118 g/mol. The van der Waals surface area contributed by atoms with Gasteiger partial charge in [-0.2, -0.15) is 0 Å². The molecule has 0 saturated heterocycles. The van der Waals surface area contributed by atoms with Crippen molar-refractivity contribution in [1.82, 2.24) is 0 Å². The Morgan fingerprint density at radius 3 is 2.11 bits per heavy atom. The summed E-state index contributed by atoms with van der Waals surface area (Å²) in [6, 6.07) is 0. The van der Waals surface area contributed by atoms with Crippen molar-refractivity contribution in [3.8, 4) is 0 Å². The molecule has 0 bridgehead atoms. The Morgan fingerprint density at radius 2 is 1.78 bits per heavy atom. The van der Waals surface area contributed by atoms with Gasteiger partial charge in [-0.1, -0.05) is 12.0 Å². The molecular formula is C7H11LiO. The van der Waals surface area contributed by atoms with Crippen LogP contribution in [0, 0.1) is 0 Å². The molecule has 0 aliphatic heterocycles. The molecule has 46 valence electrons. The first-order valence-corrected chi connectivity index (χ1v) is 3.16. The van der Waals surface area contributed by atoms with E-state index in [0.717, 1.165) is 24.8 Å². The average Bonchev–Trinajstić information content (AvgIpc) is 1.77. The molecule has 0 spiro atoms. The Hall–Kier alpha value is 0.137. The van der Waals surface area contributed by atoms with Gasteiger partial charge in [0.15, 0.2) is 0 Å². The van der Waals surface area contributed by atoms with Crippen LogP contribution in [0.5, 0.6) is 0 Å². The molecule has 0 atom stereocenters. The fourth-order valence-electron chi connectivity index (χ4n) is 1.03. The summed E-state index contributed by atoms with van der Waals surface area (Å²) in [4.78, 5) is 0. The van der Waals surface area contributed by atoms with Crippen LogP contribution in [-0.2, 0) is 0 Å². The van der Waals surface area contributed by atoms with E-state index in [-0.39, 0.29) is 18.9 Å². The SMILES string of the molecule is CC1=C([O-])CCCC1.[Li+]. The first-order valence-electron chi connectivity index (χ1n) is 3.16. The molecule has 0 amide bonds. The summed E-state index contributed by atoms with van der Waals surface area (Å²) in [6.45, 7) is 1.95. The molecule has 0 heterocycles. The molecule has 0 radical (unpaired) electrons. The molecule has 0 aromatic heterocycles. The van der Waals surface area contributed by atoms with Gasteiger partial charge in [0.2, 0.25) is 0 Å². The first kappa shape index (κ1) is 9.14. The Labute approximate surface area is 68.3 Å². The molecule has 0 fully saturated rings. The molecule has 9 heavy (non-hydrogen) atoms. The number of allylic oxidation sites excluding steroid dienone is 2. The van der Waals surface area contributed by atoms with Gasteiger partial charge >= 0.3 is 18.9 Å². The third-order valence-corrected chi connectivity index (χ3v) is 1.68. The predicted molar refractivity (Wildman–Crippen MR) is 31.2 cm³/mol. The zero-order valence-electron chi connectivity index (χ0n) is 6.24. The topological polar surface area (TPSA) is 23.1 Å². The smallest absolute Gasteiger partial charge is 0.875 e. The molecule has 2 heteroatoms. The van der Waals surface area contributed by atoms with Crippen LogP contribution in [0.2, 0.25) is 0 Å². The summed E-state index contributed by atoms with van der Waals surface area (Å²) >= 11 is 0. The molecule has 1 rings (SSSR count). The molecule has 1 aliphatic rings. The Kier molecular flexibility index (Phi) is 4.10. The normalized spacial score (nSPS) is 19.2. The van der Waals surface area contributed by atoms with Gasteiger partial charge in [0, 0.05) is 0 Å². The van der Waals surface area contributed by atoms with E-state index >= 15 is 0 Å². The summed E-state index contributed by atoms with van der Waals surface area (Å²) in [5.41, 5.74) is 1.08. The summed E-state index contributed by atoms with van der Waals surface area (Å²) in [6.07, 6.45) is 4.17. The second-order valence-corrected chi connectivity index (χ2v) is 2.41. The standard InChI is InChI=1S/C7H12O.Li/c1-6-4-2-3-5-7(6)8;/h8H,2-5H2,1H3;/q;+1/p-1. The van der Waals surface area contributed by atoms with Gasteiger partial charge in [-0.3, -0.25) is 0 Å². The van der Waals surface area contributed by atoms with Gasteiger partial charge in [0.25, 0.3) is 0 Å². The van der Waals surface area contributed by atoms with Gasteiger partial charge in [-0.15, -0.1) is 5.76 Å². The summed E-state index contributed by atoms with van der Waals surface area (Å²) in [7, 11) is 0. The van der Waals surface area contributed by atoms with Crippen molar-refractivity contribution in [1.29, 1.82) is 0 Å². The number of hydrogen-bond donors (Lipinski definition) is 0. The quantitative estimate of drug-likeness (QED) is 0.344. The van der Waals surface area contributed by atoms with Gasteiger partial charge in [-0.05, 0) is 26.2 Å². The van der Waals surface area contributed by atoms with Crippen molar-refractivity contribution in [2.24, 2.45) is 0 Å². The molecule has 0 aromatic carbocycles. The monoisotopic (exact) mass is 118 g/mol. The predicted octanol–water partition coefficient (Wildman–Crippen LogP) is -1.80. The zero-order valence-corrected chi connectivity index (χ0v) is 6.24. The summed E-state index contributed by atoms with van der Waals surface area (Å²) in [5.74, 6) is 0.385. The fourth-order valence-corrected chi connectivity index (χ4v) is 1.03. The van der Waals surface area contributed by atoms with E-state index in [1.807, 2.05) is 6.92 Å². The van der Waals surface area contributed by atoms with E-state index in [1.54, 1.807) is 0 Å². The molecule has 0 N–H and O–H groups in total. The second kappa shape index (κ2) is 4.03. The van der Waals surface area contributed by atoms with Crippen molar-refractivity contribution in [3.63, 3.8) is 0 Å². The van der Waals surface area contributed by atoms with Gasteiger partial charge in [0.1, 0.15) is 0 Å². The van der Waals surface area contributed by atoms with Crippen LogP contribution in [0.15, 0.2) is 11.3 Å². The van der Waals surface area contributed by atoms with E-state index in [2.05, 4.69) is 0 Å². The van der Waals surface area contributed by atoms with Gasteiger partial charge in [0.05, 0.1) is 0 Å². The first-order chi connectivity index (χ1) is 3.80. The third kappa shape index (κ3) is 2.47. The van der Waals surface area contributed by atoms with Gasteiger partial charge in [-0.25, -0.2) is 0 Å². The third-order valence-electron chi connectivity index (χ3n) is 1.68. The number of rotatable bonds is 0. The van der Waals surface area contributed by atoms with E-state index < -0.39 is 0 Å². The van der Waals surface area contributed by atoms with Crippen LogP contribution in [0.3, 0.4) is 0 Å². The minimum Gasteiger partial charge on any atom is -0.875 e. The maximum atomic E-state index is 10.8. The fraction of sp³-hybridized carbons (Fsp3) is 0.714. The van der Waals surface area contributed by atoms with Crippen molar-refractivity contribution in [2.75, 3.05) is 0 Å². The molecule has 0 saturated carbocycles.